The van der Waals surface area contributed by atoms with E-state index in [1.165, 1.54) is 131 Å². The Hall–Kier alpha value is -8.66. The van der Waals surface area contributed by atoms with Crippen LogP contribution in [0, 0.1) is 0 Å². The topological polar surface area (TPSA) is 12.1 Å². The Morgan fingerprint density at radius 1 is 0.338 bits per heavy atom. The minimum atomic E-state index is -0.104. The van der Waals surface area contributed by atoms with Gasteiger partial charge in [-0.1, -0.05) is 193 Å². The van der Waals surface area contributed by atoms with Crippen LogP contribution in [0.25, 0.3) is 97.7 Å². The zero-order valence-corrected chi connectivity index (χ0v) is 42.7. The number of hydrogen-bond donors (Lipinski definition) is 0. The molecule has 0 unspecified atom stereocenters. The van der Waals surface area contributed by atoms with Crippen LogP contribution < -0.4 is 4.90 Å². The van der Waals surface area contributed by atoms with Crippen molar-refractivity contribution in [2.75, 3.05) is 4.90 Å². The second-order valence-electron chi connectivity index (χ2n) is 22.9. The van der Waals surface area contributed by atoms with Gasteiger partial charge in [-0.05, 0) is 122 Å². The molecule has 3 heteroatoms. The molecule has 15 rings (SSSR count). The molecule has 0 saturated carbocycles. The van der Waals surface area contributed by atoms with Gasteiger partial charge in [0.05, 0.1) is 38.8 Å². The number of benzene rings is 11. The van der Waals surface area contributed by atoms with Crippen molar-refractivity contribution in [3.8, 4) is 0 Å². The van der Waals surface area contributed by atoms with Crippen LogP contribution in [0.3, 0.4) is 0 Å². The lowest BCUT2D eigenvalue weighted by atomic mass is 9.79. The predicted octanol–water partition coefficient (Wildman–Crippen LogP) is 19.5. The molecular weight excluding hydrogens is 895 g/mol. The van der Waals surface area contributed by atoms with Crippen molar-refractivity contribution in [2.45, 2.75) is 58.3 Å². The fourth-order valence-corrected chi connectivity index (χ4v) is 13.1. The molecule has 354 valence electrons. The minimum absolute atomic E-state index is 0.00410. The van der Waals surface area contributed by atoms with Crippen molar-refractivity contribution in [3.63, 3.8) is 0 Å². The van der Waals surface area contributed by atoms with Crippen LogP contribution in [-0.2, 0) is 10.8 Å². The zero-order chi connectivity index (χ0) is 49.8. The Labute approximate surface area is 430 Å². The third-order valence-corrected chi connectivity index (χ3v) is 16.5. The first-order valence-electron chi connectivity index (χ1n) is 26.3. The van der Waals surface area contributed by atoms with Crippen LogP contribution in [0.4, 0.5) is 17.1 Å². The molecule has 0 bridgehead atoms. The molecule has 0 fully saturated rings. The van der Waals surface area contributed by atoms with E-state index in [1.54, 1.807) is 0 Å². The summed E-state index contributed by atoms with van der Waals surface area (Å²) in [4.78, 5) is 2.50. The summed E-state index contributed by atoms with van der Waals surface area (Å²) in [5.74, 6) is 0.00410. The van der Waals surface area contributed by atoms with Crippen molar-refractivity contribution in [1.82, 2.24) is 8.80 Å². The Bertz CT molecular complexity index is 4620. The van der Waals surface area contributed by atoms with Crippen LogP contribution in [0.15, 0.2) is 218 Å². The molecule has 4 heterocycles. The van der Waals surface area contributed by atoms with E-state index in [-0.39, 0.29) is 16.7 Å². The first-order valence-corrected chi connectivity index (χ1v) is 26.3. The molecule has 0 spiro atoms. The summed E-state index contributed by atoms with van der Waals surface area (Å²) in [7, 11) is 0. The average Bonchev–Trinajstić information content (AvgIpc) is 4.26. The number of anilines is 3. The first kappa shape index (κ1) is 43.0. The van der Waals surface area contributed by atoms with Crippen molar-refractivity contribution < 1.29 is 0 Å². The molecule has 0 atom stereocenters. The molecule has 0 radical (unpaired) electrons. The number of para-hydroxylation sites is 2. The van der Waals surface area contributed by atoms with Gasteiger partial charge in [-0.25, -0.2) is 0 Å². The lowest BCUT2D eigenvalue weighted by Crippen LogP contribution is -2.13. The molecule has 0 aliphatic heterocycles. The third kappa shape index (κ3) is 6.01. The zero-order valence-electron chi connectivity index (χ0n) is 42.7. The molecule has 0 saturated heterocycles. The largest absolute Gasteiger partial charge is 0.308 e. The van der Waals surface area contributed by atoms with Gasteiger partial charge in [0, 0.05) is 65.8 Å². The van der Waals surface area contributed by atoms with Crippen LogP contribution in [0.5, 0.6) is 0 Å². The van der Waals surface area contributed by atoms with Crippen molar-refractivity contribution in [2.24, 2.45) is 0 Å². The summed E-state index contributed by atoms with van der Waals surface area (Å²) < 4.78 is 5.33. The van der Waals surface area contributed by atoms with Crippen molar-refractivity contribution >= 4 is 115 Å². The summed E-state index contributed by atoms with van der Waals surface area (Å²) in [6, 6.07) is 82.4. The summed E-state index contributed by atoms with van der Waals surface area (Å²) >= 11 is 0. The van der Waals surface area contributed by atoms with Gasteiger partial charge in [-0.3, -0.25) is 0 Å². The van der Waals surface area contributed by atoms with Gasteiger partial charge < -0.3 is 13.7 Å². The van der Waals surface area contributed by atoms with E-state index >= 15 is 0 Å². The van der Waals surface area contributed by atoms with E-state index in [2.05, 4.69) is 274 Å². The van der Waals surface area contributed by atoms with E-state index in [0.29, 0.717) is 0 Å². The minimum Gasteiger partial charge on any atom is -0.308 e. The van der Waals surface area contributed by atoms with Crippen LogP contribution in [0.1, 0.15) is 75.3 Å². The molecule has 4 aromatic heterocycles. The number of fused-ring (bicyclic) bond motifs is 16. The second kappa shape index (κ2) is 15.4. The van der Waals surface area contributed by atoms with Crippen molar-refractivity contribution in [1.29, 1.82) is 0 Å². The lowest BCUT2D eigenvalue weighted by molar-refractivity contribution is 0.590. The van der Waals surface area contributed by atoms with E-state index in [9.17, 15) is 0 Å². The molecule has 0 amide bonds. The van der Waals surface area contributed by atoms with Crippen LogP contribution in [0.2, 0.25) is 0 Å². The van der Waals surface area contributed by atoms with E-state index < -0.39 is 0 Å². The van der Waals surface area contributed by atoms with E-state index in [0.717, 1.165) is 11.4 Å². The monoisotopic (exact) mass is 949 g/mol. The first-order chi connectivity index (χ1) is 36.0. The second-order valence-corrected chi connectivity index (χ2v) is 22.9. The van der Waals surface area contributed by atoms with E-state index in [4.69, 9.17) is 0 Å². The van der Waals surface area contributed by atoms with Crippen LogP contribution >= 0.6 is 0 Å². The smallest absolute Gasteiger partial charge is 0.0789 e. The quantitative estimate of drug-likeness (QED) is 0.151. The average molecular weight is 950 g/mol. The van der Waals surface area contributed by atoms with Gasteiger partial charge in [0.1, 0.15) is 0 Å². The summed E-state index contributed by atoms with van der Waals surface area (Å²) in [6.07, 6.45) is 0. The maximum atomic E-state index is 2.68. The maximum absolute atomic E-state index is 2.68. The number of hydrogen-bond acceptors (Lipinski definition) is 1. The standard InChI is InChI=1S/C71H55N3/c1-70(2,3)47-39-53-54-40-48(71(4,5)6)42-58-64-59(73(66(54)58)65(53)57(41-47)61(43-23-11-7-12-24-43)44-25-13-8-14-26-44)35-36-60-63(64)56-37-45-27-19-21-33-51(45)62-55-38-46-28-20-22-34-52(46)68(69(55)74(60)67(56)62)72(49-29-15-9-16-30-49)50-31-17-10-18-32-50/h7-42,61H,1-6H3. The molecule has 0 aliphatic rings. The number of nitrogens with zero attached hydrogens (tertiary/aromatic N) is 3. The predicted molar refractivity (Wildman–Crippen MR) is 317 cm³/mol. The third-order valence-electron chi connectivity index (χ3n) is 16.5. The fraction of sp³-hybridized carbons (Fsp3) is 0.127. The highest BCUT2D eigenvalue weighted by Crippen LogP contribution is 2.54. The molecular formula is C71H55N3. The molecule has 15 aromatic rings. The molecule has 0 N–H and O–H groups in total. The fourth-order valence-electron chi connectivity index (χ4n) is 13.1. The van der Waals surface area contributed by atoms with Crippen LogP contribution in [-0.4, -0.2) is 8.80 Å². The van der Waals surface area contributed by atoms with E-state index in [1.807, 2.05) is 0 Å². The van der Waals surface area contributed by atoms with Gasteiger partial charge in [0.2, 0.25) is 0 Å². The Balaban J connectivity index is 1.18. The van der Waals surface area contributed by atoms with Gasteiger partial charge in [0.15, 0.2) is 0 Å². The lowest BCUT2D eigenvalue weighted by Gasteiger charge is -2.28. The van der Waals surface area contributed by atoms with Gasteiger partial charge in [-0.15, -0.1) is 0 Å². The highest BCUT2D eigenvalue weighted by atomic mass is 15.2. The SMILES string of the molecule is CC(C)(C)c1cc(C(c2ccccc2)c2ccccc2)c2c(c1)c1cc(C(C)(C)C)cc3c4c5c6cc7ccccc7c7c8cc9ccccc9c(N(c9ccccc9)c9ccccc9)c8n(c5ccc4n2c13)c67. The Morgan fingerprint density at radius 2 is 0.757 bits per heavy atom. The normalized spacial score (nSPS) is 12.9. The maximum Gasteiger partial charge on any atom is 0.0789 e. The highest BCUT2D eigenvalue weighted by Gasteiger charge is 2.33. The van der Waals surface area contributed by atoms with Gasteiger partial charge >= 0.3 is 0 Å². The summed E-state index contributed by atoms with van der Waals surface area (Å²) in [5.41, 5.74) is 17.4. The molecule has 3 nitrogen and oxygen atoms in total. The molecule has 11 aromatic carbocycles. The van der Waals surface area contributed by atoms with Gasteiger partial charge in [0.25, 0.3) is 0 Å². The van der Waals surface area contributed by atoms with Gasteiger partial charge in [-0.2, -0.15) is 0 Å². The highest BCUT2D eigenvalue weighted by molar-refractivity contribution is 6.40. The Kier molecular flexibility index (Phi) is 8.96. The summed E-state index contributed by atoms with van der Waals surface area (Å²) in [6.45, 7) is 14.2. The molecule has 0 aliphatic carbocycles. The molecule has 74 heavy (non-hydrogen) atoms. The Morgan fingerprint density at radius 3 is 1.31 bits per heavy atom. The summed E-state index contributed by atoms with van der Waals surface area (Å²) in [5, 5.41) is 15.4. The number of aromatic nitrogens is 2. The number of rotatable bonds is 6. The van der Waals surface area contributed by atoms with Crippen molar-refractivity contribution in [3.05, 3.63) is 246 Å².